The minimum absolute atomic E-state index is 0.162. The summed E-state index contributed by atoms with van der Waals surface area (Å²) in [6.45, 7) is -1.57. The molecule has 0 spiro atoms. The predicted octanol–water partition coefficient (Wildman–Crippen LogP) is 2.32. The number of rotatable bonds is 5. The summed E-state index contributed by atoms with van der Waals surface area (Å²) in [5.74, 6) is -1.39. The number of carbonyl (C=O) groups is 1. The smallest absolute Gasteiger partial charge is 0.358 e. The van der Waals surface area contributed by atoms with Crippen LogP contribution < -0.4 is 0 Å². The maximum atomic E-state index is 12.3. The Labute approximate surface area is 113 Å². The molecular formula is C9H9BrF3N3O3. The number of nitrogens with one attached hydrogen (secondary N) is 1. The molecule has 0 bridgehead atoms. The second-order valence-electron chi connectivity index (χ2n) is 3.55. The van der Waals surface area contributed by atoms with Crippen molar-refractivity contribution in [3.63, 3.8) is 0 Å². The molecule has 6 nitrogen and oxygen atoms in total. The lowest BCUT2D eigenvalue weighted by molar-refractivity contribution is -0.389. The number of aromatic amines is 1. The van der Waals surface area contributed by atoms with E-state index in [1.165, 1.54) is 0 Å². The fourth-order valence-corrected chi connectivity index (χ4v) is 1.78. The molecule has 0 fully saturated rings. The van der Waals surface area contributed by atoms with Gasteiger partial charge in [0.15, 0.2) is 5.69 Å². The number of nitrogens with zero attached hydrogens (tertiary/aromatic N) is 2. The van der Waals surface area contributed by atoms with Crippen molar-refractivity contribution < 1.29 is 22.9 Å². The molecule has 106 valence electrons. The van der Waals surface area contributed by atoms with E-state index in [0.717, 1.165) is 12.1 Å². The SMILES string of the molecule is O=C(c1ccc([N+](=O)[O-])[nH]1)N(CCBr)CC(F)(F)F. The highest BCUT2D eigenvalue weighted by atomic mass is 79.9. The van der Waals surface area contributed by atoms with Crippen molar-refractivity contribution in [3.8, 4) is 0 Å². The highest BCUT2D eigenvalue weighted by Gasteiger charge is 2.34. The van der Waals surface area contributed by atoms with Gasteiger partial charge in [0.1, 0.15) is 6.54 Å². The number of amides is 1. The number of nitro groups is 1. The van der Waals surface area contributed by atoms with Gasteiger partial charge in [0.2, 0.25) is 0 Å². The fraction of sp³-hybridized carbons (Fsp3) is 0.444. The summed E-state index contributed by atoms with van der Waals surface area (Å²) in [7, 11) is 0. The molecule has 0 radical (unpaired) electrons. The maximum absolute atomic E-state index is 12.3. The fourth-order valence-electron chi connectivity index (χ4n) is 1.36. The van der Waals surface area contributed by atoms with E-state index in [1.54, 1.807) is 0 Å². The molecule has 1 amide bonds. The molecule has 0 aliphatic rings. The molecular weight excluding hydrogens is 335 g/mol. The summed E-state index contributed by atoms with van der Waals surface area (Å²) in [6, 6.07) is 2.10. The van der Waals surface area contributed by atoms with E-state index in [9.17, 15) is 28.1 Å². The first kappa shape index (κ1) is 15.5. The Hall–Kier alpha value is -1.58. The second kappa shape index (κ2) is 6.04. The second-order valence-corrected chi connectivity index (χ2v) is 4.34. The van der Waals surface area contributed by atoms with Crippen LogP contribution in [0.15, 0.2) is 12.1 Å². The highest BCUT2D eigenvalue weighted by Crippen LogP contribution is 2.19. The molecule has 0 atom stereocenters. The molecule has 0 aromatic carbocycles. The van der Waals surface area contributed by atoms with E-state index in [-0.39, 0.29) is 17.6 Å². The lowest BCUT2D eigenvalue weighted by Crippen LogP contribution is -2.40. The van der Waals surface area contributed by atoms with Crippen LogP contribution in [0.5, 0.6) is 0 Å². The van der Waals surface area contributed by atoms with Gasteiger partial charge in [-0.2, -0.15) is 13.2 Å². The number of aromatic nitrogens is 1. The minimum Gasteiger partial charge on any atom is -0.358 e. The number of halogens is 4. The summed E-state index contributed by atoms with van der Waals surface area (Å²) in [6.07, 6.45) is -4.53. The van der Waals surface area contributed by atoms with Crippen LogP contribution in [-0.4, -0.2) is 45.3 Å². The number of H-pyrrole nitrogens is 1. The third-order valence-electron chi connectivity index (χ3n) is 2.11. The molecule has 10 heteroatoms. The zero-order valence-corrected chi connectivity index (χ0v) is 11.0. The van der Waals surface area contributed by atoms with E-state index in [4.69, 9.17) is 0 Å². The van der Waals surface area contributed by atoms with Gasteiger partial charge in [-0.15, -0.1) is 0 Å². The standard InChI is InChI=1S/C9H9BrF3N3O3/c10-3-4-15(5-9(11,12)13)8(17)6-1-2-7(14-6)16(18)19/h1-2,14H,3-5H2. The van der Waals surface area contributed by atoms with Crippen LogP contribution in [0.2, 0.25) is 0 Å². The number of alkyl halides is 4. The van der Waals surface area contributed by atoms with Crippen LogP contribution in [0.1, 0.15) is 10.5 Å². The summed E-state index contributed by atoms with van der Waals surface area (Å²) < 4.78 is 36.9. The zero-order chi connectivity index (χ0) is 14.6. The Morgan fingerprint density at radius 3 is 2.53 bits per heavy atom. The van der Waals surface area contributed by atoms with E-state index in [2.05, 4.69) is 20.9 Å². The van der Waals surface area contributed by atoms with Gasteiger partial charge in [-0.25, -0.2) is 4.98 Å². The van der Waals surface area contributed by atoms with E-state index >= 15 is 0 Å². The van der Waals surface area contributed by atoms with Crippen LogP contribution >= 0.6 is 15.9 Å². The molecule has 0 saturated carbocycles. The number of carbonyl (C=O) groups excluding carboxylic acids is 1. The molecule has 0 unspecified atom stereocenters. The van der Waals surface area contributed by atoms with Crippen molar-refractivity contribution in [1.29, 1.82) is 0 Å². The molecule has 0 aliphatic heterocycles. The largest absolute Gasteiger partial charge is 0.406 e. The van der Waals surface area contributed by atoms with Crippen molar-refractivity contribution in [3.05, 3.63) is 27.9 Å². The Balaban J connectivity index is 2.89. The third kappa shape index (κ3) is 4.54. The molecule has 1 rings (SSSR count). The summed E-state index contributed by atoms with van der Waals surface area (Å²) in [5.41, 5.74) is -0.253. The monoisotopic (exact) mass is 343 g/mol. The predicted molar refractivity (Wildman–Crippen MR) is 63.2 cm³/mol. The van der Waals surface area contributed by atoms with Gasteiger partial charge < -0.3 is 15.0 Å². The van der Waals surface area contributed by atoms with Gasteiger partial charge in [0.05, 0.1) is 0 Å². The van der Waals surface area contributed by atoms with Gasteiger partial charge in [0.25, 0.3) is 5.91 Å². The lowest BCUT2D eigenvalue weighted by atomic mass is 10.3. The zero-order valence-electron chi connectivity index (χ0n) is 9.41. The van der Waals surface area contributed by atoms with Crippen LogP contribution in [0, 0.1) is 10.1 Å². The van der Waals surface area contributed by atoms with E-state index < -0.39 is 29.4 Å². The average Bonchev–Trinajstić information content (AvgIpc) is 2.75. The number of hydrogen-bond acceptors (Lipinski definition) is 3. The van der Waals surface area contributed by atoms with Crippen LogP contribution in [0.25, 0.3) is 0 Å². The molecule has 1 aromatic rings. The summed E-state index contributed by atoms with van der Waals surface area (Å²) in [5, 5.41) is 10.6. The Bertz CT molecular complexity index is 475. The van der Waals surface area contributed by atoms with Crippen molar-refractivity contribution in [2.75, 3.05) is 18.4 Å². The topological polar surface area (TPSA) is 79.2 Å². The van der Waals surface area contributed by atoms with Crippen molar-refractivity contribution in [2.24, 2.45) is 0 Å². The summed E-state index contributed by atoms with van der Waals surface area (Å²) >= 11 is 2.95. The number of hydrogen-bond donors (Lipinski definition) is 1. The normalized spacial score (nSPS) is 11.4. The Morgan fingerprint density at radius 1 is 1.47 bits per heavy atom. The van der Waals surface area contributed by atoms with Crippen LogP contribution in [0.3, 0.4) is 0 Å². The van der Waals surface area contributed by atoms with Gasteiger partial charge in [0, 0.05) is 17.9 Å². The van der Waals surface area contributed by atoms with Gasteiger partial charge in [-0.3, -0.25) is 4.79 Å². The van der Waals surface area contributed by atoms with Gasteiger partial charge >= 0.3 is 12.0 Å². The molecule has 1 aromatic heterocycles. The van der Waals surface area contributed by atoms with Gasteiger partial charge in [-0.05, 0) is 11.0 Å². The first-order chi connectivity index (χ1) is 8.74. The third-order valence-corrected chi connectivity index (χ3v) is 2.46. The van der Waals surface area contributed by atoms with Crippen LogP contribution in [-0.2, 0) is 0 Å². The molecule has 1 N–H and O–H groups in total. The first-order valence-corrected chi connectivity index (χ1v) is 6.12. The Morgan fingerprint density at radius 2 is 2.11 bits per heavy atom. The van der Waals surface area contributed by atoms with Crippen molar-refractivity contribution in [2.45, 2.75) is 6.18 Å². The highest BCUT2D eigenvalue weighted by molar-refractivity contribution is 9.09. The molecule has 0 aliphatic carbocycles. The van der Waals surface area contributed by atoms with E-state index in [0.29, 0.717) is 4.90 Å². The molecule has 19 heavy (non-hydrogen) atoms. The molecule has 0 saturated heterocycles. The maximum Gasteiger partial charge on any atom is 0.406 e. The van der Waals surface area contributed by atoms with E-state index in [1.807, 2.05) is 0 Å². The quantitative estimate of drug-likeness (QED) is 0.506. The van der Waals surface area contributed by atoms with Gasteiger partial charge in [-0.1, -0.05) is 15.9 Å². The first-order valence-electron chi connectivity index (χ1n) is 5.00. The van der Waals surface area contributed by atoms with Crippen molar-refractivity contribution >= 4 is 27.7 Å². The summed E-state index contributed by atoms with van der Waals surface area (Å²) in [4.78, 5) is 24.2. The lowest BCUT2D eigenvalue weighted by Gasteiger charge is -2.21. The molecule has 1 heterocycles. The Kier molecular flexibility index (Phi) is 4.92. The average molecular weight is 344 g/mol. The minimum atomic E-state index is -4.53. The van der Waals surface area contributed by atoms with Crippen LogP contribution in [0.4, 0.5) is 19.0 Å². The van der Waals surface area contributed by atoms with Crippen molar-refractivity contribution in [1.82, 2.24) is 9.88 Å².